The quantitative estimate of drug-likeness (QED) is 0.749. The first-order valence-corrected chi connectivity index (χ1v) is 9.24. The SMILES string of the molecule is COc1ccccc1CN1CCc2c(nc(-c3ccc(Cl)cc3)[nH]c2=O)C1. The Kier molecular flexibility index (Phi) is 4.97. The van der Waals surface area contributed by atoms with Crippen LogP contribution in [-0.4, -0.2) is 28.5 Å². The second-order valence-corrected chi connectivity index (χ2v) is 7.06. The maximum absolute atomic E-state index is 12.5. The van der Waals surface area contributed by atoms with Crippen molar-refractivity contribution in [1.29, 1.82) is 0 Å². The minimum absolute atomic E-state index is 0.0538. The van der Waals surface area contributed by atoms with Crippen LogP contribution in [0.2, 0.25) is 5.02 Å². The zero-order chi connectivity index (χ0) is 18.8. The van der Waals surface area contributed by atoms with Crippen molar-refractivity contribution in [1.82, 2.24) is 14.9 Å². The summed E-state index contributed by atoms with van der Waals surface area (Å²) in [6.45, 7) is 2.21. The zero-order valence-corrected chi connectivity index (χ0v) is 15.8. The molecule has 0 fully saturated rings. The number of nitrogens with one attached hydrogen (secondary N) is 1. The summed E-state index contributed by atoms with van der Waals surface area (Å²) in [5.41, 5.74) is 3.54. The third kappa shape index (κ3) is 3.75. The molecule has 4 rings (SSSR count). The molecule has 6 heteroatoms. The summed E-state index contributed by atoms with van der Waals surface area (Å²) in [7, 11) is 1.68. The molecule has 0 saturated carbocycles. The van der Waals surface area contributed by atoms with Gasteiger partial charge >= 0.3 is 0 Å². The molecule has 3 aromatic rings. The van der Waals surface area contributed by atoms with E-state index in [0.29, 0.717) is 23.8 Å². The first-order chi connectivity index (χ1) is 13.1. The van der Waals surface area contributed by atoms with Crippen molar-refractivity contribution in [3.63, 3.8) is 0 Å². The number of methoxy groups -OCH3 is 1. The summed E-state index contributed by atoms with van der Waals surface area (Å²) < 4.78 is 5.45. The summed E-state index contributed by atoms with van der Waals surface area (Å²) in [6.07, 6.45) is 0.688. The Morgan fingerprint density at radius 1 is 1.19 bits per heavy atom. The Bertz CT molecular complexity index is 1010. The van der Waals surface area contributed by atoms with Crippen molar-refractivity contribution in [2.75, 3.05) is 13.7 Å². The number of para-hydroxylation sites is 1. The highest BCUT2D eigenvalue weighted by Gasteiger charge is 2.22. The van der Waals surface area contributed by atoms with E-state index in [9.17, 15) is 4.79 Å². The topological polar surface area (TPSA) is 58.2 Å². The van der Waals surface area contributed by atoms with Gasteiger partial charge in [0.25, 0.3) is 5.56 Å². The zero-order valence-electron chi connectivity index (χ0n) is 15.0. The van der Waals surface area contributed by atoms with Crippen molar-refractivity contribution >= 4 is 11.6 Å². The van der Waals surface area contributed by atoms with Gasteiger partial charge in [0.15, 0.2) is 0 Å². The van der Waals surface area contributed by atoms with Crippen molar-refractivity contribution in [3.05, 3.63) is 80.7 Å². The largest absolute Gasteiger partial charge is 0.496 e. The molecule has 27 heavy (non-hydrogen) atoms. The highest BCUT2D eigenvalue weighted by molar-refractivity contribution is 6.30. The van der Waals surface area contributed by atoms with Gasteiger partial charge in [0.1, 0.15) is 11.6 Å². The van der Waals surface area contributed by atoms with E-state index >= 15 is 0 Å². The molecule has 138 valence electrons. The Hall–Kier alpha value is -2.63. The smallest absolute Gasteiger partial charge is 0.254 e. The number of ether oxygens (including phenoxy) is 1. The number of halogens is 1. The third-order valence-electron chi connectivity index (χ3n) is 4.86. The second-order valence-electron chi connectivity index (χ2n) is 6.62. The van der Waals surface area contributed by atoms with Crippen molar-refractivity contribution in [3.8, 4) is 17.1 Å². The van der Waals surface area contributed by atoms with Crippen LogP contribution in [0.1, 0.15) is 16.8 Å². The number of benzene rings is 2. The van der Waals surface area contributed by atoms with Gasteiger partial charge in [-0.2, -0.15) is 0 Å². The number of fused-ring (bicyclic) bond motifs is 1. The molecule has 0 radical (unpaired) electrons. The van der Waals surface area contributed by atoms with E-state index < -0.39 is 0 Å². The number of hydrogen-bond acceptors (Lipinski definition) is 4. The molecule has 0 spiro atoms. The first kappa shape index (κ1) is 17.8. The minimum atomic E-state index is -0.0538. The van der Waals surface area contributed by atoms with Gasteiger partial charge in [-0.05, 0) is 36.8 Å². The van der Waals surface area contributed by atoms with E-state index in [1.165, 1.54) is 0 Å². The van der Waals surface area contributed by atoms with Crippen LogP contribution in [0.4, 0.5) is 0 Å². The summed E-state index contributed by atoms with van der Waals surface area (Å²) in [6, 6.07) is 15.3. The molecule has 0 aliphatic carbocycles. The van der Waals surface area contributed by atoms with Crippen LogP contribution >= 0.6 is 11.6 Å². The van der Waals surface area contributed by atoms with E-state index in [1.807, 2.05) is 30.3 Å². The number of hydrogen-bond donors (Lipinski definition) is 1. The first-order valence-electron chi connectivity index (χ1n) is 8.86. The van der Waals surface area contributed by atoms with Crippen LogP contribution in [0.3, 0.4) is 0 Å². The Labute approximate surface area is 162 Å². The molecule has 0 atom stereocenters. The van der Waals surface area contributed by atoms with Crippen LogP contribution in [0.15, 0.2) is 53.3 Å². The van der Waals surface area contributed by atoms with Crippen LogP contribution < -0.4 is 10.3 Å². The fourth-order valence-corrected chi connectivity index (χ4v) is 3.57. The summed E-state index contributed by atoms with van der Waals surface area (Å²) in [5.74, 6) is 1.46. The molecule has 1 aromatic heterocycles. The van der Waals surface area contributed by atoms with Gasteiger partial charge in [0.05, 0.1) is 12.8 Å². The molecule has 2 heterocycles. The van der Waals surface area contributed by atoms with Crippen LogP contribution in [0.25, 0.3) is 11.4 Å². The Morgan fingerprint density at radius 2 is 1.96 bits per heavy atom. The number of aromatic nitrogens is 2. The van der Waals surface area contributed by atoms with E-state index in [-0.39, 0.29) is 5.56 Å². The Morgan fingerprint density at radius 3 is 2.74 bits per heavy atom. The van der Waals surface area contributed by atoms with Gasteiger partial charge in [-0.15, -0.1) is 0 Å². The molecule has 0 bridgehead atoms. The number of H-pyrrole nitrogens is 1. The average Bonchev–Trinajstić information content (AvgIpc) is 2.68. The maximum atomic E-state index is 12.5. The summed E-state index contributed by atoms with van der Waals surface area (Å²) in [4.78, 5) is 22.5. The normalized spacial score (nSPS) is 14.0. The molecular weight excluding hydrogens is 362 g/mol. The predicted molar refractivity (Wildman–Crippen MR) is 106 cm³/mol. The highest BCUT2D eigenvalue weighted by Crippen LogP contribution is 2.24. The lowest BCUT2D eigenvalue weighted by Crippen LogP contribution is -2.35. The minimum Gasteiger partial charge on any atom is -0.496 e. The lowest BCUT2D eigenvalue weighted by Gasteiger charge is -2.28. The molecule has 0 saturated heterocycles. The molecule has 1 N–H and O–H groups in total. The molecular formula is C21H20ClN3O2. The molecule has 1 aliphatic heterocycles. The van der Waals surface area contributed by atoms with Gasteiger partial charge in [-0.1, -0.05) is 29.8 Å². The average molecular weight is 382 g/mol. The van der Waals surface area contributed by atoms with Gasteiger partial charge in [-0.3, -0.25) is 9.69 Å². The van der Waals surface area contributed by atoms with E-state index in [2.05, 4.69) is 16.0 Å². The van der Waals surface area contributed by atoms with Crippen molar-refractivity contribution in [2.24, 2.45) is 0 Å². The summed E-state index contributed by atoms with van der Waals surface area (Å²) >= 11 is 5.96. The van der Waals surface area contributed by atoms with Gasteiger partial charge in [0.2, 0.25) is 0 Å². The predicted octanol–water partition coefficient (Wildman–Crippen LogP) is 3.66. The monoisotopic (exact) mass is 381 g/mol. The van der Waals surface area contributed by atoms with Gasteiger partial charge in [-0.25, -0.2) is 4.98 Å². The van der Waals surface area contributed by atoms with Gasteiger partial charge < -0.3 is 9.72 Å². The maximum Gasteiger partial charge on any atom is 0.254 e. The molecule has 0 unspecified atom stereocenters. The van der Waals surface area contributed by atoms with Crippen LogP contribution in [0, 0.1) is 0 Å². The lowest BCUT2D eigenvalue weighted by molar-refractivity contribution is 0.237. The van der Waals surface area contributed by atoms with Gasteiger partial charge in [0, 0.05) is 41.3 Å². The van der Waals surface area contributed by atoms with Crippen LogP contribution in [0.5, 0.6) is 5.75 Å². The fraction of sp³-hybridized carbons (Fsp3) is 0.238. The van der Waals surface area contributed by atoms with Crippen LogP contribution in [-0.2, 0) is 19.5 Å². The highest BCUT2D eigenvalue weighted by atomic mass is 35.5. The number of nitrogens with zero attached hydrogens (tertiary/aromatic N) is 2. The summed E-state index contributed by atoms with van der Waals surface area (Å²) in [5, 5.41) is 0.655. The molecule has 0 amide bonds. The molecule has 5 nitrogen and oxygen atoms in total. The lowest BCUT2D eigenvalue weighted by atomic mass is 10.0. The van der Waals surface area contributed by atoms with E-state index in [4.69, 9.17) is 21.3 Å². The van der Waals surface area contributed by atoms with Crippen molar-refractivity contribution < 1.29 is 4.74 Å². The second kappa shape index (κ2) is 7.55. The third-order valence-corrected chi connectivity index (χ3v) is 5.11. The number of aromatic amines is 1. The molecule has 2 aromatic carbocycles. The van der Waals surface area contributed by atoms with Crippen molar-refractivity contribution in [2.45, 2.75) is 19.5 Å². The van der Waals surface area contributed by atoms with E-state index in [1.54, 1.807) is 19.2 Å². The standard InChI is InChI=1S/C21H20ClN3O2/c1-27-19-5-3-2-4-15(19)12-25-11-10-17-18(13-25)23-20(24-21(17)26)14-6-8-16(22)9-7-14/h2-9H,10-13H2,1H3,(H,23,24,26). The number of rotatable bonds is 4. The van der Waals surface area contributed by atoms with E-state index in [0.717, 1.165) is 41.2 Å². The molecule has 1 aliphatic rings. The fourth-order valence-electron chi connectivity index (χ4n) is 3.45. The Balaban J connectivity index is 1.61.